The van der Waals surface area contributed by atoms with E-state index in [1.807, 2.05) is 34.6 Å². The first-order valence-electron chi connectivity index (χ1n) is 28.0. The summed E-state index contributed by atoms with van der Waals surface area (Å²) in [6, 6.07) is 0. The van der Waals surface area contributed by atoms with Crippen molar-refractivity contribution in [1.82, 2.24) is 0 Å². The van der Waals surface area contributed by atoms with Gasteiger partial charge in [0, 0.05) is 16.4 Å². The van der Waals surface area contributed by atoms with E-state index >= 15 is 0 Å². The number of aliphatic carboxylic acids is 1. The third-order valence-electron chi connectivity index (χ3n) is 21.1. The van der Waals surface area contributed by atoms with Crippen molar-refractivity contribution in [3.63, 3.8) is 0 Å². The lowest BCUT2D eigenvalue weighted by Crippen LogP contribution is -2.76. The van der Waals surface area contributed by atoms with Crippen molar-refractivity contribution < 1.29 is 114 Å². The number of aliphatic hydroxyl groups is 11. The lowest BCUT2D eigenvalue weighted by atomic mass is 9.32. The zero-order chi connectivity index (χ0) is 58.6. The van der Waals surface area contributed by atoms with E-state index in [1.165, 1.54) is 0 Å². The molecule has 0 aromatic heterocycles. The molecule has 8 aliphatic rings. The maximum atomic E-state index is 13.7. The smallest absolute Gasteiger partial charge is 0.335 e. The standard InChI is InChI=1S/C56H88O23/c1-12-24(4)47(71)78-43-44(79-46(70)23(2)3)56(22-59)26(19-51(43,5)6)25-13-14-30-53(9)17-16-31(52(7,8)29(53)15-18-54(30,10)55(25,11)41(66)42(56)67)74-50-40(77-49-36(64)34(62)32(60)27(20-57)72-49)38(37(65)39(76-50)45(68)69)75-48-35(63)33(61)28(21-58)73-48/h12-13,23,26-44,48-50,57-67H,14-22H2,1-11H3,(H,68,69)/t26?,27?,28-,29?,30?,31-,32-,33+,34+,35?,36?,37-,38+,39?,40?,41-,42+,43-,44-,48-,49-,50+,53-,54+,55-,56-/m0/s1. The van der Waals surface area contributed by atoms with Crippen molar-refractivity contribution in [2.24, 2.45) is 56.2 Å². The van der Waals surface area contributed by atoms with E-state index in [0.29, 0.717) is 44.1 Å². The van der Waals surface area contributed by atoms with Gasteiger partial charge in [-0.2, -0.15) is 0 Å². The fraction of sp³-hybridized carbons (Fsp3) is 0.875. The van der Waals surface area contributed by atoms with Gasteiger partial charge < -0.3 is 99.2 Å². The predicted octanol–water partition coefficient (Wildman–Crippen LogP) is -0.0475. The van der Waals surface area contributed by atoms with E-state index in [0.717, 1.165) is 5.57 Å². The molecule has 12 N–H and O–H groups in total. The van der Waals surface area contributed by atoms with Crippen LogP contribution in [0.2, 0.25) is 0 Å². The van der Waals surface area contributed by atoms with Gasteiger partial charge >= 0.3 is 17.9 Å². The Morgan fingerprint density at radius 1 is 0.696 bits per heavy atom. The summed E-state index contributed by atoms with van der Waals surface area (Å²) in [5.41, 5.74) is -4.56. The normalized spacial score (nSPS) is 49.4. The first kappa shape index (κ1) is 62.3. The molecular weight excluding hydrogens is 1040 g/mol. The minimum atomic E-state index is -2.12. The number of esters is 2. The third kappa shape index (κ3) is 9.76. The van der Waals surface area contributed by atoms with Crippen LogP contribution < -0.4 is 0 Å². The monoisotopic (exact) mass is 1130 g/mol. The summed E-state index contributed by atoms with van der Waals surface area (Å²) in [6.07, 6.45) is -25.3. The highest BCUT2D eigenvalue weighted by Gasteiger charge is 2.76. The van der Waals surface area contributed by atoms with Crippen LogP contribution in [0.1, 0.15) is 115 Å². The number of carbonyl (C=O) groups is 3. The third-order valence-corrected chi connectivity index (χ3v) is 21.1. The van der Waals surface area contributed by atoms with Gasteiger partial charge in [0.1, 0.15) is 67.1 Å². The molecule has 8 rings (SSSR count). The van der Waals surface area contributed by atoms with Crippen LogP contribution in [-0.2, 0) is 52.3 Å². The number of rotatable bonds is 14. The quantitative estimate of drug-likeness (QED) is 0.0470. The SMILES string of the molecule is CC=C(C)C(=O)O[C@H]1[C@H](OC(=O)C(C)C)[C@@]2(CO)C(CC1(C)C)C1=CCC3[C@@]4(C)CC[C@H](O[C@@H]5OC(C(=O)O)[C@@H](O)[C@@H](O[C@@H]6O[C@@H](CO)[C@@H](O)C6O)C5O[C@@H]5OC(CO)[C@H](O)[C@@H](O)C5O)C(C)(C)C4CC[C@@]3(C)[C@]1(C)[C@@H](O)[C@H]2O. The van der Waals surface area contributed by atoms with Crippen LogP contribution in [0.3, 0.4) is 0 Å². The van der Waals surface area contributed by atoms with Crippen LogP contribution in [0.15, 0.2) is 23.3 Å². The van der Waals surface area contributed by atoms with Crippen molar-refractivity contribution in [1.29, 1.82) is 0 Å². The summed E-state index contributed by atoms with van der Waals surface area (Å²) in [5, 5.41) is 134. The van der Waals surface area contributed by atoms with E-state index in [2.05, 4.69) is 19.9 Å². The van der Waals surface area contributed by atoms with Gasteiger partial charge in [0.2, 0.25) is 0 Å². The summed E-state index contributed by atoms with van der Waals surface area (Å²) in [5.74, 6) is -4.49. The second-order valence-corrected chi connectivity index (χ2v) is 26.2. The van der Waals surface area contributed by atoms with E-state index in [9.17, 15) is 75.7 Å². The van der Waals surface area contributed by atoms with E-state index in [4.69, 9.17) is 37.9 Å². The zero-order valence-electron chi connectivity index (χ0n) is 47.2. The average molecular weight is 1130 g/mol. The van der Waals surface area contributed by atoms with Gasteiger partial charge in [-0.1, -0.05) is 80.0 Å². The number of hydrogen-bond acceptors (Lipinski definition) is 22. The molecule has 450 valence electrons. The Morgan fingerprint density at radius 3 is 1.84 bits per heavy atom. The molecule has 0 spiro atoms. The minimum Gasteiger partial charge on any atom is -0.479 e. The molecule has 7 fully saturated rings. The Morgan fingerprint density at radius 2 is 1.28 bits per heavy atom. The van der Waals surface area contributed by atoms with Crippen molar-refractivity contribution in [3.05, 3.63) is 23.3 Å². The molecule has 0 radical (unpaired) electrons. The van der Waals surface area contributed by atoms with Crippen LogP contribution in [0.25, 0.3) is 0 Å². The van der Waals surface area contributed by atoms with E-state index in [-0.39, 0.29) is 11.8 Å². The summed E-state index contributed by atoms with van der Waals surface area (Å²) in [7, 11) is 0. The molecule has 3 heterocycles. The van der Waals surface area contributed by atoms with Gasteiger partial charge in [-0.25, -0.2) is 9.59 Å². The van der Waals surface area contributed by atoms with Crippen molar-refractivity contribution in [2.45, 2.75) is 231 Å². The first-order valence-corrected chi connectivity index (χ1v) is 28.0. The van der Waals surface area contributed by atoms with Gasteiger partial charge in [0.05, 0.1) is 49.5 Å². The lowest BCUT2D eigenvalue weighted by Gasteiger charge is -2.73. The zero-order valence-corrected chi connectivity index (χ0v) is 47.2. The second kappa shape index (κ2) is 22.3. The number of carboxylic acids is 1. The van der Waals surface area contributed by atoms with Gasteiger partial charge in [-0.3, -0.25) is 4.79 Å². The molecule has 5 aliphatic carbocycles. The molecule has 4 saturated carbocycles. The second-order valence-electron chi connectivity index (χ2n) is 26.2. The first-order chi connectivity index (χ1) is 36.8. The largest absolute Gasteiger partial charge is 0.479 e. The number of fused-ring (bicyclic) bond motifs is 7. The molecule has 8 unspecified atom stereocenters. The Labute approximate surface area is 460 Å². The molecule has 79 heavy (non-hydrogen) atoms. The van der Waals surface area contributed by atoms with Crippen LogP contribution in [0.4, 0.5) is 0 Å². The molecule has 3 saturated heterocycles. The number of carbonyl (C=O) groups excluding carboxylic acids is 2. The van der Waals surface area contributed by atoms with Crippen LogP contribution in [0.5, 0.6) is 0 Å². The number of allylic oxidation sites excluding steroid dienone is 2. The highest BCUT2D eigenvalue weighted by atomic mass is 16.8. The Balaban J connectivity index is 1.14. The predicted molar refractivity (Wildman–Crippen MR) is 272 cm³/mol. The molecule has 0 aromatic carbocycles. The summed E-state index contributed by atoms with van der Waals surface area (Å²) < 4.78 is 49.0. The molecule has 23 nitrogen and oxygen atoms in total. The molecule has 26 atom stereocenters. The molecular formula is C56H88O23. The fourth-order valence-electron chi connectivity index (χ4n) is 16.2. The van der Waals surface area contributed by atoms with Crippen molar-refractivity contribution in [3.8, 4) is 0 Å². The minimum absolute atomic E-state index is 0.145. The number of aliphatic hydroxyl groups excluding tert-OH is 11. The van der Waals surface area contributed by atoms with E-state index in [1.54, 1.807) is 33.8 Å². The average Bonchev–Trinajstić information content (AvgIpc) is 3.35. The summed E-state index contributed by atoms with van der Waals surface area (Å²) in [4.78, 5) is 40.1. The van der Waals surface area contributed by atoms with Crippen LogP contribution in [-0.4, -0.2) is 216 Å². The summed E-state index contributed by atoms with van der Waals surface area (Å²) >= 11 is 0. The highest BCUT2D eigenvalue weighted by Crippen LogP contribution is 2.76. The summed E-state index contributed by atoms with van der Waals surface area (Å²) in [6.45, 7) is 18.5. The van der Waals surface area contributed by atoms with Crippen LogP contribution in [0, 0.1) is 56.2 Å². The topological polar surface area (TPSA) is 368 Å². The molecule has 3 aliphatic heterocycles. The Hall–Kier alpha value is -2.79. The Bertz CT molecular complexity index is 2310. The lowest BCUT2D eigenvalue weighted by molar-refractivity contribution is -0.386. The maximum absolute atomic E-state index is 13.7. The number of hydrogen-bond donors (Lipinski definition) is 12. The van der Waals surface area contributed by atoms with Gasteiger partial charge in [0.15, 0.2) is 31.1 Å². The van der Waals surface area contributed by atoms with E-state index < -0.39 is 199 Å². The number of ether oxygens (including phenoxy) is 8. The van der Waals surface area contributed by atoms with Crippen LogP contribution >= 0.6 is 0 Å². The molecule has 23 heteroatoms. The number of carboxylic acid groups (broad SMARTS) is 1. The molecule has 0 amide bonds. The fourth-order valence-corrected chi connectivity index (χ4v) is 16.2. The maximum Gasteiger partial charge on any atom is 0.335 e. The Kier molecular flexibility index (Phi) is 17.6. The van der Waals surface area contributed by atoms with Gasteiger partial charge in [-0.15, -0.1) is 0 Å². The molecule has 0 aromatic rings. The van der Waals surface area contributed by atoms with Gasteiger partial charge in [0.25, 0.3) is 0 Å². The van der Waals surface area contributed by atoms with Crippen molar-refractivity contribution in [2.75, 3.05) is 19.8 Å². The highest BCUT2D eigenvalue weighted by molar-refractivity contribution is 5.87. The van der Waals surface area contributed by atoms with Gasteiger partial charge in [-0.05, 0) is 86.4 Å². The van der Waals surface area contributed by atoms with Crippen molar-refractivity contribution >= 4 is 17.9 Å². The molecule has 0 bridgehead atoms.